The third kappa shape index (κ3) is 4.82. The maximum atomic E-state index is 12.5. The molecule has 4 N–H and O–H groups in total. The first-order valence-electron chi connectivity index (χ1n) is 9.77. The molecule has 0 saturated heterocycles. The maximum absolute atomic E-state index is 12.5. The molecule has 0 unspecified atom stereocenters. The molecular weight excluding hydrogens is 402 g/mol. The van der Waals surface area contributed by atoms with E-state index in [9.17, 15) is 29.4 Å². The molecule has 0 spiro atoms. The van der Waals surface area contributed by atoms with Crippen molar-refractivity contribution in [1.29, 1.82) is 0 Å². The first-order valence-corrected chi connectivity index (χ1v) is 9.77. The Labute approximate surface area is 178 Å². The third-order valence-corrected chi connectivity index (χ3v) is 4.64. The zero-order chi connectivity index (χ0) is 22.7. The van der Waals surface area contributed by atoms with Crippen LogP contribution in [0.2, 0.25) is 0 Å². The lowest BCUT2D eigenvalue weighted by Gasteiger charge is -2.15. The van der Waals surface area contributed by atoms with Gasteiger partial charge in [0.1, 0.15) is 11.5 Å². The van der Waals surface area contributed by atoms with Crippen molar-refractivity contribution >= 4 is 23.6 Å². The van der Waals surface area contributed by atoms with E-state index >= 15 is 0 Å². The van der Waals surface area contributed by atoms with E-state index in [2.05, 4.69) is 10.6 Å². The van der Waals surface area contributed by atoms with Gasteiger partial charge in [0, 0.05) is 36.8 Å². The Morgan fingerprint density at radius 1 is 0.839 bits per heavy atom. The van der Waals surface area contributed by atoms with Crippen LogP contribution in [0.5, 0.6) is 11.5 Å². The molecule has 1 aliphatic heterocycles. The maximum Gasteiger partial charge on any atom is 0.261 e. The van der Waals surface area contributed by atoms with Crippen molar-refractivity contribution in [2.24, 2.45) is 5.92 Å². The van der Waals surface area contributed by atoms with Crippen molar-refractivity contribution < 1.29 is 29.4 Å². The number of rotatable bonds is 7. The first-order chi connectivity index (χ1) is 14.7. The van der Waals surface area contributed by atoms with Crippen LogP contribution in [0, 0.1) is 5.92 Å². The van der Waals surface area contributed by atoms with Gasteiger partial charge in [0.05, 0.1) is 11.1 Å². The van der Waals surface area contributed by atoms with Gasteiger partial charge in [-0.05, 0) is 36.2 Å². The van der Waals surface area contributed by atoms with Crippen LogP contribution >= 0.6 is 0 Å². The molecule has 9 nitrogen and oxygen atoms in total. The molecule has 4 amide bonds. The fourth-order valence-electron chi connectivity index (χ4n) is 3.25. The molecule has 0 atom stereocenters. The molecule has 9 heteroatoms. The molecule has 0 aromatic heterocycles. The lowest BCUT2D eigenvalue weighted by Crippen LogP contribution is -2.34. The minimum absolute atomic E-state index is 0.0802. The molecule has 0 saturated carbocycles. The predicted octanol–water partition coefficient (Wildman–Crippen LogP) is 1.51. The van der Waals surface area contributed by atoms with E-state index in [0.29, 0.717) is 6.54 Å². The highest BCUT2D eigenvalue weighted by Gasteiger charge is 2.36. The molecule has 0 fully saturated rings. The van der Waals surface area contributed by atoms with Crippen molar-refractivity contribution in [3.8, 4) is 11.5 Å². The molecule has 31 heavy (non-hydrogen) atoms. The highest BCUT2D eigenvalue weighted by atomic mass is 16.3. The second-order valence-electron chi connectivity index (χ2n) is 7.63. The lowest BCUT2D eigenvalue weighted by atomic mass is 10.1. The van der Waals surface area contributed by atoms with Crippen LogP contribution in [0.25, 0.3) is 0 Å². The van der Waals surface area contributed by atoms with Crippen LogP contribution in [0.1, 0.15) is 55.3 Å². The Balaban J connectivity index is 1.56. The summed E-state index contributed by atoms with van der Waals surface area (Å²) in [5, 5.41) is 24.0. The summed E-state index contributed by atoms with van der Waals surface area (Å²) in [6.45, 7) is 4.34. The Morgan fingerprint density at radius 3 is 1.97 bits per heavy atom. The average Bonchev–Trinajstić information content (AvgIpc) is 2.94. The number of phenolic OH excluding ortho intramolecular Hbond substituents is 2. The van der Waals surface area contributed by atoms with Crippen LogP contribution in [0.15, 0.2) is 36.4 Å². The number of phenols is 2. The highest BCUT2D eigenvalue weighted by Crippen LogP contribution is 2.25. The summed E-state index contributed by atoms with van der Waals surface area (Å²) in [4.78, 5) is 50.5. The number of imide groups is 1. The zero-order valence-electron chi connectivity index (χ0n) is 17.1. The third-order valence-electron chi connectivity index (χ3n) is 4.64. The van der Waals surface area contributed by atoms with Crippen molar-refractivity contribution in [3.63, 3.8) is 0 Å². The predicted molar refractivity (Wildman–Crippen MR) is 111 cm³/mol. The molecule has 0 aliphatic carbocycles. The number of hydrogen-bond acceptors (Lipinski definition) is 6. The SMILES string of the molecule is CC(C)CN1C(=O)c2ccc(C(=O)NCCNC(=O)c3cc(O)cc(O)c3)cc2C1=O. The molecule has 162 valence electrons. The quantitative estimate of drug-likeness (QED) is 0.392. The van der Waals surface area contributed by atoms with Crippen molar-refractivity contribution in [2.75, 3.05) is 19.6 Å². The normalized spacial score (nSPS) is 12.8. The van der Waals surface area contributed by atoms with E-state index in [1.165, 1.54) is 35.2 Å². The number of hydrogen-bond donors (Lipinski definition) is 4. The number of carbonyl (C=O) groups is 4. The van der Waals surface area contributed by atoms with Gasteiger partial charge in [0.25, 0.3) is 23.6 Å². The number of nitrogens with one attached hydrogen (secondary N) is 2. The Bertz CT molecular complexity index is 1040. The second kappa shape index (κ2) is 8.86. The summed E-state index contributed by atoms with van der Waals surface area (Å²) in [6.07, 6.45) is 0. The molecule has 1 aliphatic rings. The molecule has 0 bridgehead atoms. The van der Waals surface area contributed by atoms with Crippen LogP contribution in [-0.4, -0.2) is 58.4 Å². The molecule has 2 aromatic rings. The largest absolute Gasteiger partial charge is 0.508 e. The van der Waals surface area contributed by atoms with Crippen molar-refractivity contribution in [2.45, 2.75) is 13.8 Å². The Kier molecular flexibility index (Phi) is 6.24. The number of nitrogens with zero attached hydrogens (tertiary/aromatic N) is 1. The van der Waals surface area contributed by atoms with E-state index in [1.807, 2.05) is 13.8 Å². The number of fused-ring (bicyclic) bond motifs is 1. The van der Waals surface area contributed by atoms with E-state index in [0.717, 1.165) is 6.07 Å². The van der Waals surface area contributed by atoms with E-state index in [1.54, 1.807) is 0 Å². The van der Waals surface area contributed by atoms with E-state index in [4.69, 9.17) is 0 Å². The van der Waals surface area contributed by atoms with Gasteiger partial charge in [-0.15, -0.1) is 0 Å². The van der Waals surface area contributed by atoms with Gasteiger partial charge in [-0.25, -0.2) is 0 Å². The van der Waals surface area contributed by atoms with E-state index in [-0.39, 0.29) is 58.7 Å². The lowest BCUT2D eigenvalue weighted by molar-refractivity contribution is 0.0635. The minimum atomic E-state index is -0.521. The Hall–Kier alpha value is -3.88. The highest BCUT2D eigenvalue weighted by molar-refractivity contribution is 6.22. The van der Waals surface area contributed by atoms with Crippen LogP contribution in [-0.2, 0) is 0 Å². The van der Waals surface area contributed by atoms with Gasteiger partial charge in [-0.3, -0.25) is 24.1 Å². The monoisotopic (exact) mass is 425 g/mol. The fourth-order valence-corrected chi connectivity index (χ4v) is 3.25. The fraction of sp³-hybridized carbons (Fsp3) is 0.273. The summed E-state index contributed by atoms with van der Waals surface area (Å²) < 4.78 is 0. The van der Waals surface area contributed by atoms with Gasteiger partial charge in [0.15, 0.2) is 0 Å². The number of carbonyl (C=O) groups excluding carboxylic acids is 4. The topological polar surface area (TPSA) is 136 Å². The van der Waals surface area contributed by atoms with Crippen LogP contribution < -0.4 is 10.6 Å². The van der Waals surface area contributed by atoms with Crippen molar-refractivity contribution in [1.82, 2.24) is 15.5 Å². The number of benzene rings is 2. The molecule has 3 rings (SSSR count). The van der Waals surface area contributed by atoms with Gasteiger partial charge >= 0.3 is 0 Å². The summed E-state index contributed by atoms with van der Waals surface area (Å²) in [5.74, 6) is -2.10. The molecule has 0 radical (unpaired) electrons. The molecule has 1 heterocycles. The van der Waals surface area contributed by atoms with Gasteiger partial charge in [-0.1, -0.05) is 13.8 Å². The summed E-state index contributed by atoms with van der Waals surface area (Å²) in [7, 11) is 0. The number of amides is 4. The van der Waals surface area contributed by atoms with Crippen molar-refractivity contribution in [3.05, 3.63) is 58.7 Å². The smallest absolute Gasteiger partial charge is 0.261 e. The van der Waals surface area contributed by atoms with Crippen LogP contribution in [0.4, 0.5) is 0 Å². The summed E-state index contributed by atoms with van der Waals surface area (Å²) >= 11 is 0. The van der Waals surface area contributed by atoms with Gasteiger partial charge in [-0.2, -0.15) is 0 Å². The van der Waals surface area contributed by atoms with Gasteiger partial charge < -0.3 is 20.8 Å². The van der Waals surface area contributed by atoms with Crippen LogP contribution in [0.3, 0.4) is 0 Å². The summed E-state index contributed by atoms with van der Waals surface area (Å²) in [6, 6.07) is 7.87. The summed E-state index contributed by atoms with van der Waals surface area (Å²) in [5.41, 5.74) is 0.797. The second-order valence-corrected chi connectivity index (χ2v) is 7.63. The Morgan fingerprint density at radius 2 is 1.39 bits per heavy atom. The van der Waals surface area contributed by atoms with E-state index < -0.39 is 17.7 Å². The number of aromatic hydroxyl groups is 2. The standard InChI is InChI=1S/C22H23N3O6/c1-12(2)11-25-21(30)17-4-3-13(9-18(17)22(25)31)19(28)23-5-6-24-20(29)14-7-15(26)10-16(27)8-14/h3-4,7-10,12,26-27H,5-6,11H2,1-2H3,(H,23,28)(H,24,29). The first kappa shape index (κ1) is 21.8. The zero-order valence-corrected chi connectivity index (χ0v) is 17.1. The minimum Gasteiger partial charge on any atom is -0.508 e. The molecular formula is C22H23N3O6. The average molecular weight is 425 g/mol. The molecule has 2 aromatic carbocycles. The van der Waals surface area contributed by atoms with Gasteiger partial charge in [0.2, 0.25) is 0 Å².